The highest BCUT2D eigenvalue weighted by Crippen LogP contribution is 2.64. The van der Waals surface area contributed by atoms with Crippen LogP contribution in [0.3, 0.4) is 0 Å². The molecule has 4 fully saturated rings. The summed E-state index contributed by atoms with van der Waals surface area (Å²) in [6, 6.07) is 0. The molecule has 0 spiro atoms. The smallest absolute Gasteiger partial charge is 0.332 e. The van der Waals surface area contributed by atoms with Crippen molar-refractivity contribution in [2.45, 2.75) is 64.0 Å². The first kappa shape index (κ1) is 20.9. The predicted molar refractivity (Wildman–Crippen MR) is 116 cm³/mol. The van der Waals surface area contributed by atoms with E-state index < -0.39 is 22.1 Å². The second-order valence-electron chi connectivity index (χ2n) is 9.80. The summed E-state index contributed by atoms with van der Waals surface area (Å²) in [6.45, 7) is 1.60. The topological polar surface area (TPSA) is 127 Å². The van der Waals surface area contributed by atoms with Gasteiger partial charge in [-0.25, -0.2) is 18.2 Å². The van der Waals surface area contributed by atoms with Crippen molar-refractivity contribution >= 4 is 21.0 Å². The Hall–Kier alpha value is -1.94. The van der Waals surface area contributed by atoms with Gasteiger partial charge in [-0.15, -0.1) is 0 Å². The molecule has 31 heavy (non-hydrogen) atoms. The number of imidazole rings is 1. The predicted octanol–water partition coefficient (Wildman–Crippen LogP) is 0.781. The number of nitrogens with one attached hydrogen (secondary N) is 1. The molecule has 10 heteroatoms. The van der Waals surface area contributed by atoms with Gasteiger partial charge in [-0.2, -0.15) is 0 Å². The Morgan fingerprint density at radius 3 is 2.42 bits per heavy atom. The van der Waals surface area contributed by atoms with Crippen molar-refractivity contribution in [3.8, 4) is 0 Å². The summed E-state index contributed by atoms with van der Waals surface area (Å²) < 4.78 is 26.8. The molecule has 0 saturated heterocycles. The van der Waals surface area contributed by atoms with Gasteiger partial charge in [0.05, 0.1) is 18.1 Å². The first-order chi connectivity index (χ1) is 14.8. The van der Waals surface area contributed by atoms with Crippen molar-refractivity contribution in [3.63, 3.8) is 0 Å². The Morgan fingerprint density at radius 1 is 1.10 bits per heavy atom. The second kappa shape index (κ2) is 7.30. The van der Waals surface area contributed by atoms with Gasteiger partial charge < -0.3 is 10.1 Å². The van der Waals surface area contributed by atoms with E-state index in [1.165, 1.54) is 22.0 Å². The van der Waals surface area contributed by atoms with Crippen molar-refractivity contribution in [3.05, 3.63) is 26.7 Å². The van der Waals surface area contributed by atoms with Crippen molar-refractivity contribution in [2.24, 2.45) is 17.8 Å². The van der Waals surface area contributed by atoms with Crippen molar-refractivity contribution in [1.82, 2.24) is 19.1 Å². The van der Waals surface area contributed by atoms with Crippen LogP contribution in [0, 0.1) is 17.8 Å². The van der Waals surface area contributed by atoms with Gasteiger partial charge in [0.1, 0.15) is 11.3 Å². The Labute approximate surface area is 180 Å². The summed E-state index contributed by atoms with van der Waals surface area (Å²) in [7, 11) is -3.51. The molecule has 2 atom stereocenters. The molecule has 0 aromatic carbocycles. The van der Waals surface area contributed by atoms with E-state index in [9.17, 15) is 18.0 Å². The van der Waals surface area contributed by atoms with Gasteiger partial charge in [-0.05, 0) is 56.3 Å². The summed E-state index contributed by atoms with van der Waals surface area (Å²) >= 11 is 0. The van der Waals surface area contributed by atoms with Crippen LogP contribution < -0.4 is 11.2 Å². The summed E-state index contributed by atoms with van der Waals surface area (Å²) in [5.74, 6) is 2.33. The minimum Gasteiger partial charge on any atom is -0.395 e. The molecule has 4 aliphatic carbocycles. The largest absolute Gasteiger partial charge is 0.395 e. The third kappa shape index (κ3) is 3.29. The highest BCUT2D eigenvalue weighted by molar-refractivity contribution is 7.91. The minimum absolute atomic E-state index is 0.0542. The molecule has 4 bridgehead atoms. The Kier molecular flexibility index (Phi) is 4.93. The molecule has 4 saturated carbocycles. The van der Waals surface area contributed by atoms with Gasteiger partial charge in [0.25, 0.3) is 5.56 Å². The third-order valence-corrected chi connectivity index (χ3v) is 9.37. The van der Waals surface area contributed by atoms with E-state index in [1.54, 1.807) is 0 Å². The van der Waals surface area contributed by atoms with Crippen molar-refractivity contribution in [2.75, 3.05) is 18.1 Å². The number of hydrogen-bond donors (Lipinski definition) is 2. The SMILES string of the molecule is CCCn1c(=O)c2[nH]c(C34CC5CC(C3)C(C5)C4)nc2n(CCS(=O)(=O)CCO)c1=O. The van der Waals surface area contributed by atoms with Gasteiger partial charge in [-0.3, -0.25) is 13.9 Å². The van der Waals surface area contributed by atoms with Crippen molar-refractivity contribution in [1.29, 1.82) is 0 Å². The van der Waals surface area contributed by atoms with Crippen LogP contribution in [0.15, 0.2) is 9.59 Å². The fraction of sp³-hybridized carbons (Fsp3) is 0.762. The zero-order chi connectivity index (χ0) is 22.0. The molecule has 2 aromatic heterocycles. The minimum atomic E-state index is -3.51. The van der Waals surface area contributed by atoms with E-state index in [4.69, 9.17) is 10.1 Å². The number of aliphatic hydroxyl groups is 1. The summed E-state index contributed by atoms with van der Waals surface area (Å²) in [6.07, 6.45) is 6.42. The fourth-order valence-corrected chi connectivity index (χ4v) is 7.56. The molecule has 9 nitrogen and oxygen atoms in total. The first-order valence-corrected chi connectivity index (χ1v) is 13.1. The fourth-order valence-electron chi connectivity index (χ4n) is 6.61. The number of rotatable bonds is 8. The average molecular weight is 451 g/mol. The Balaban J connectivity index is 1.62. The molecule has 2 N–H and O–H groups in total. The van der Waals surface area contributed by atoms with Crippen LogP contribution in [-0.4, -0.2) is 50.7 Å². The average Bonchev–Trinajstić information content (AvgIpc) is 3.34. The van der Waals surface area contributed by atoms with Gasteiger partial charge in [0.15, 0.2) is 15.5 Å². The summed E-state index contributed by atoms with van der Waals surface area (Å²) in [5.41, 5.74) is -0.415. The second-order valence-corrected chi connectivity index (χ2v) is 12.1. The number of aromatic amines is 1. The van der Waals surface area contributed by atoms with Crippen LogP contribution >= 0.6 is 0 Å². The molecule has 2 unspecified atom stereocenters. The van der Waals surface area contributed by atoms with E-state index in [2.05, 4.69) is 4.98 Å². The van der Waals surface area contributed by atoms with Gasteiger partial charge >= 0.3 is 5.69 Å². The number of aromatic nitrogens is 4. The van der Waals surface area contributed by atoms with Crippen LogP contribution in [0.4, 0.5) is 0 Å². The molecule has 6 rings (SSSR count). The molecule has 170 valence electrons. The van der Waals surface area contributed by atoms with E-state index in [1.807, 2.05) is 6.92 Å². The number of aryl methyl sites for hydroxylation is 1. The lowest BCUT2D eigenvalue weighted by molar-refractivity contribution is 0.220. The van der Waals surface area contributed by atoms with Gasteiger partial charge in [-0.1, -0.05) is 6.92 Å². The van der Waals surface area contributed by atoms with Gasteiger partial charge in [0.2, 0.25) is 0 Å². The normalized spacial score (nSPS) is 29.4. The number of nitrogens with zero attached hydrogens (tertiary/aromatic N) is 3. The maximum atomic E-state index is 13.1. The highest BCUT2D eigenvalue weighted by Gasteiger charge is 2.57. The highest BCUT2D eigenvalue weighted by atomic mass is 32.2. The molecule has 2 aromatic rings. The third-order valence-electron chi connectivity index (χ3n) is 7.76. The standard InChI is InChI=1S/C21H30N4O5S/c1-2-3-25-18(27)16-17(24(20(25)28)4-6-31(29,30)7-5-26)23-19(22-16)21-10-13-8-14(11-21)15(9-13)12-21/h13-15,26H,2-12H2,1H3,(H,22,23). The lowest BCUT2D eigenvalue weighted by Gasteiger charge is -2.36. The molecule has 0 radical (unpaired) electrons. The van der Waals surface area contributed by atoms with Crippen LogP contribution in [0.25, 0.3) is 11.2 Å². The molecule has 0 aliphatic heterocycles. The summed E-state index contributed by atoms with van der Waals surface area (Å²) in [5, 5.41) is 9.00. The van der Waals surface area contributed by atoms with E-state index in [0.717, 1.165) is 36.9 Å². The molecule has 2 heterocycles. The number of fused-ring (bicyclic) bond motifs is 1. The summed E-state index contributed by atoms with van der Waals surface area (Å²) in [4.78, 5) is 34.3. The lowest BCUT2D eigenvalue weighted by Crippen LogP contribution is -2.41. The molecular formula is C21H30N4O5S. The van der Waals surface area contributed by atoms with E-state index in [-0.39, 0.29) is 41.2 Å². The van der Waals surface area contributed by atoms with Crippen LogP contribution in [0.5, 0.6) is 0 Å². The van der Waals surface area contributed by atoms with Crippen LogP contribution in [-0.2, 0) is 28.3 Å². The monoisotopic (exact) mass is 450 g/mol. The van der Waals surface area contributed by atoms with E-state index >= 15 is 0 Å². The zero-order valence-corrected chi connectivity index (χ0v) is 18.7. The number of hydrogen-bond acceptors (Lipinski definition) is 6. The maximum Gasteiger partial charge on any atom is 0.332 e. The maximum absolute atomic E-state index is 13.1. The Morgan fingerprint density at radius 2 is 1.81 bits per heavy atom. The zero-order valence-electron chi connectivity index (χ0n) is 17.8. The van der Waals surface area contributed by atoms with Crippen molar-refractivity contribution < 1.29 is 13.5 Å². The van der Waals surface area contributed by atoms with Gasteiger partial charge in [0, 0.05) is 18.5 Å². The molecular weight excluding hydrogens is 420 g/mol. The number of sulfone groups is 1. The van der Waals surface area contributed by atoms with E-state index in [0.29, 0.717) is 17.9 Å². The quantitative estimate of drug-likeness (QED) is 0.612. The number of H-pyrrole nitrogens is 1. The lowest BCUT2D eigenvalue weighted by atomic mass is 9.69. The number of aliphatic hydroxyl groups excluding tert-OH is 1. The Bertz CT molecular complexity index is 1220. The molecule has 4 aliphatic rings. The van der Waals surface area contributed by atoms with Crippen LogP contribution in [0.2, 0.25) is 0 Å². The van der Waals surface area contributed by atoms with Crippen LogP contribution in [0.1, 0.15) is 51.3 Å². The first-order valence-electron chi connectivity index (χ1n) is 11.3. The molecule has 0 amide bonds.